The molecule has 1 amide bonds. The number of rotatable bonds is 73. The van der Waals surface area contributed by atoms with E-state index in [0.717, 1.165) is 57.8 Å². The molecule has 0 aliphatic rings. The van der Waals surface area contributed by atoms with Gasteiger partial charge in [0.25, 0.3) is 7.82 Å². The molecule has 1 N–H and O–H groups in total. The van der Waals surface area contributed by atoms with Crippen LogP contribution in [0.2, 0.25) is 0 Å². The zero-order valence-corrected chi connectivity index (χ0v) is 60.4. The van der Waals surface area contributed by atoms with Crippen molar-refractivity contribution >= 4 is 19.7 Å². The number of carbonyl (C=O) groups excluding carboxylic acids is 2. The van der Waals surface area contributed by atoms with Crippen molar-refractivity contribution in [2.24, 2.45) is 0 Å². The molecule has 9 nitrogen and oxygen atoms in total. The van der Waals surface area contributed by atoms with Crippen molar-refractivity contribution in [1.29, 1.82) is 0 Å². The zero-order chi connectivity index (χ0) is 63.5. The molecule has 0 rings (SSSR count). The third kappa shape index (κ3) is 68.9. The van der Waals surface area contributed by atoms with Gasteiger partial charge in [0.05, 0.1) is 33.8 Å². The number of allylic oxidation sites excluding steroid dienone is 1. The second-order valence-corrected chi connectivity index (χ2v) is 29.6. The van der Waals surface area contributed by atoms with Crippen LogP contribution in [0.15, 0.2) is 12.2 Å². The summed E-state index contributed by atoms with van der Waals surface area (Å²) < 4.78 is 30.6. The minimum Gasteiger partial charge on any atom is -0.756 e. The fourth-order valence-electron chi connectivity index (χ4n) is 12.2. The summed E-state index contributed by atoms with van der Waals surface area (Å²) in [6.45, 7) is 6.94. The highest BCUT2D eigenvalue weighted by molar-refractivity contribution is 7.45. The third-order valence-electron chi connectivity index (χ3n) is 18.2. The lowest BCUT2D eigenvalue weighted by molar-refractivity contribution is -0.870. The lowest BCUT2D eigenvalue weighted by Gasteiger charge is -2.30. The number of unbranched alkanes of at least 4 members (excludes halogenated alkanes) is 57. The summed E-state index contributed by atoms with van der Waals surface area (Å²) in [5.74, 6) is -0.509. The predicted molar refractivity (Wildman–Crippen MR) is 377 cm³/mol. The van der Waals surface area contributed by atoms with E-state index in [1.165, 1.54) is 327 Å². The zero-order valence-electron chi connectivity index (χ0n) is 59.5. The predicted octanol–water partition coefficient (Wildman–Crippen LogP) is 24.4. The lowest BCUT2D eigenvalue weighted by atomic mass is 10.0. The van der Waals surface area contributed by atoms with E-state index >= 15 is 0 Å². The van der Waals surface area contributed by atoms with Crippen molar-refractivity contribution in [2.45, 2.75) is 431 Å². The van der Waals surface area contributed by atoms with Crippen LogP contribution >= 0.6 is 7.82 Å². The Hall–Kier alpha value is -1.25. The van der Waals surface area contributed by atoms with Gasteiger partial charge in [-0.15, -0.1) is 0 Å². The highest BCUT2D eigenvalue weighted by atomic mass is 31.2. The molecule has 0 radical (unpaired) electrons. The van der Waals surface area contributed by atoms with Gasteiger partial charge in [-0.1, -0.05) is 386 Å². The molecule has 0 bridgehead atoms. The molecular weight excluding hydrogens is 1100 g/mol. The maximum Gasteiger partial charge on any atom is 0.306 e. The molecule has 518 valence electrons. The summed E-state index contributed by atoms with van der Waals surface area (Å²) in [5, 5.41) is 3.06. The average Bonchev–Trinajstić information content (AvgIpc) is 3.70. The van der Waals surface area contributed by atoms with Gasteiger partial charge in [0, 0.05) is 12.8 Å². The van der Waals surface area contributed by atoms with E-state index < -0.39 is 20.0 Å². The minimum absolute atomic E-state index is 0.0161. The van der Waals surface area contributed by atoms with Crippen molar-refractivity contribution in [3.05, 3.63) is 12.2 Å². The Balaban J connectivity index is 4.95. The second-order valence-electron chi connectivity index (χ2n) is 28.2. The first-order chi connectivity index (χ1) is 42.4. The van der Waals surface area contributed by atoms with Gasteiger partial charge in [-0.05, 0) is 31.8 Å². The Morgan fingerprint density at radius 1 is 0.391 bits per heavy atom. The van der Waals surface area contributed by atoms with Crippen LogP contribution in [0.1, 0.15) is 419 Å². The van der Waals surface area contributed by atoms with E-state index in [9.17, 15) is 19.0 Å². The molecule has 0 aromatic heterocycles. The quantitative estimate of drug-likeness (QED) is 0.0212. The second kappa shape index (κ2) is 67.6. The summed E-state index contributed by atoms with van der Waals surface area (Å²) in [4.78, 5) is 40.3. The molecule has 0 saturated carbocycles. The minimum atomic E-state index is -4.70. The van der Waals surface area contributed by atoms with Crippen LogP contribution in [-0.4, -0.2) is 69.4 Å². The van der Waals surface area contributed by atoms with Crippen LogP contribution in [0.3, 0.4) is 0 Å². The normalized spacial score (nSPS) is 13.4. The first-order valence-electron chi connectivity index (χ1n) is 39.0. The monoisotopic (exact) mass is 1250 g/mol. The molecule has 3 unspecified atom stereocenters. The Labute approximate surface area is 543 Å². The first-order valence-corrected chi connectivity index (χ1v) is 40.5. The maximum atomic E-state index is 13.6. The van der Waals surface area contributed by atoms with Crippen molar-refractivity contribution in [2.75, 3.05) is 40.9 Å². The molecule has 0 aromatic carbocycles. The average molecular weight is 1250 g/mol. The van der Waals surface area contributed by atoms with Gasteiger partial charge in [-0.3, -0.25) is 14.2 Å². The summed E-state index contributed by atoms with van der Waals surface area (Å²) in [6.07, 6.45) is 82.1. The molecular formula is C77H153N2O7P. The molecule has 0 aliphatic carbocycles. The van der Waals surface area contributed by atoms with Gasteiger partial charge < -0.3 is 28.5 Å². The topological polar surface area (TPSA) is 114 Å². The molecule has 0 aromatic rings. The Bertz CT molecular complexity index is 1490. The Morgan fingerprint density at radius 2 is 0.655 bits per heavy atom. The van der Waals surface area contributed by atoms with Crippen LogP contribution in [0.25, 0.3) is 0 Å². The van der Waals surface area contributed by atoms with E-state index in [1.54, 1.807) is 0 Å². The number of nitrogens with zero attached hydrogens (tertiary/aromatic N) is 1. The number of quaternary nitrogens is 1. The summed E-state index contributed by atoms with van der Waals surface area (Å²) >= 11 is 0. The number of likely N-dealkylation sites (N-methyl/N-ethyl adjacent to an activating group) is 1. The van der Waals surface area contributed by atoms with E-state index in [2.05, 4.69) is 26.1 Å². The highest BCUT2D eigenvalue weighted by Gasteiger charge is 2.27. The molecule has 0 spiro atoms. The van der Waals surface area contributed by atoms with E-state index in [0.29, 0.717) is 17.4 Å². The third-order valence-corrected chi connectivity index (χ3v) is 19.2. The molecule has 87 heavy (non-hydrogen) atoms. The molecule has 0 heterocycles. The number of nitrogens with one attached hydrogen (secondary N) is 1. The Morgan fingerprint density at radius 3 is 0.943 bits per heavy atom. The Kier molecular flexibility index (Phi) is 66.7. The van der Waals surface area contributed by atoms with Crippen LogP contribution < -0.4 is 10.2 Å². The number of hydrogen-bond donors (Lipinski definition) is 1. The van der Waals surface area contributed by atoms with Gasteiger partial charge in [-0.2, -0.15) is 0 Å². The maximum absolute atomic E-state index is 13.6. The fraction of sp³-hybridized carbons (Fsp3) is 0.948. The SMILES string of the molecule is CCCCCCCCCCCCC/C=C/C(OC(=O)CCCCCCCCCCCCCCCCCCCCCCCCCCC)C(COP(=O)([O-])OCC[N+](C)(C)C)NC(=O)CCCCCCCCCCCCCCCCCCCCCCCCC. The summed E-state index contributed by atoms with van der Waals surface area (Å²) in [5.41, 5.74) is 0. The van der Waals surface area contributed by atoms with Crippen molar-refractivity contribution in [1.82, 2.24) is 5.32 Å². The van der Waals surface area contributed by atoms with Gasteiger partial charge >= 0.3 is 5.97 Å². The van der Waals surface area contributed by atoms with Crippen molar-refractivity contribution in [3.8, 4) is 0 Å². The molecule has 0 saturated heterocycles. The fourth-order valence-corrected chi connectivity index (χ4v) is 13.0. The number of phosphoric ester groups is 1. The number of carbonyl (C=O) groups is 2. The van der Waals surface area contributed by atoms with Gasteiger partial charge in [-0.25, -0.2) is 0 Å². The molecule has 10 heteroatoms. The largest absolute Gasteiger partial charge is 0.756 e. The standard InChI is InChI=1S/C77H153N2O7P/c1-7-10-13-16-19-22-25-28-30-32-34-36-38-39-41-43-45-47-49-52-55-58-61-64-67-70-77(81)86-75(68-65-62-59-56-53-50-27-24-21-18-15-12-9-3)74(73-85-87(82,83)84-72-71-79(4,5)6)78-76(80)69-66-63-60-57-54-51-48-46-44-42-40-37-35-33-31-29-26-23-20-17-14-11-8-2/h65,68,74-75H,7-64,66-67,69-73H2,1-6H3,(H-,78,80,82,83)/b68-65+. The molecule has 0 fully saturated rings. The number of ether oxygens (including phenoxy) is 1. The number of amides is 1. The van der Waals surface area contributed by atoms with E-state index in [4.69, 9.17) is 13.8 Å². The molecule has 3 atom stereocenters. The van der Waals surface area contributed by atoms with Crippen molar-refractivity contribution in [3.63, 3.8) is 0 Å². The lowest BCUT2D eigenvalue weighted by Crippen LogP contribution is -2.47. The van der Waals surface area contributed by atoms with Gasteiger partial charge in [0.2, 0.25) is 5.91 Å². The molecule has 0 aliphatic heterocycles. The number of esters is 1. The summed E-state index contributed by atoms with van der Waals surface area (Å²) in [7, 11) is 1.22. The van der Waals surface area contributed by atoms with E-state index in [1.807, 2.05) is 33.3 Å². The number of hydrogen-bond acceptors (Lipinski definition) is 7. The van der Waals surface area contributed by atoms with Crippen LogP contribution in [0.5, 0.6) is 0 Å². The van der Waals surface area contributed by atoms with E-state index in [-0.39, 0.29) is 31.5 Å². The first kappa shape index (κ1) is 85.8. The van der Waals surface area contributed by atoms with Gasteiger partial charge in [0.1, 0.15) is 19.3 Å². The highest BCUT2D eigenvalue weighted by Crippen LogP contribution is 2.38. The van der Waals surface area contributed by atoms with Crippen LogP contribution in [0.4, 0.5) is 0 Å². The number of phosphoric acid groups is 1. The van der Waals surface area contributed by atoms with Gasteiger partial charge in [0.15, 0.2) is 0 Å². The van der Waals surface area contributed by atoms with Crippen LogP contribution in [0, 0.1) is 0 Å². The van der Waals surface area contributed by atoms with Crippen molar-refractivity contribution < 1.29 is 37.3 Å². The summed E-state index contributed by atoms with van der Waals surface area (Å²) in [6, 6.07) is -0.882. The smallest absolute Gasteiger partial charge is 0.306 e. The van der Waals surface area contributed by atoms with Crippen LogP contribution in [-0.2, 0) is 27.9 Å².